The first-order valence-corrected chi connectivity index (χ1v) is 13.7. The molecule has 6 heterocycles. The smallest absolute Gasteiger partial charge is 0.203 e. The highest BCUT2D eigenvalue weighted by molar-refractivity contribution is 9.11. The van der Waals surface area contributed by atoms with Crippen LogP contribution in [0.2, 0.25) is 0 Å². The number of aromatic nitrogens is 10. The fourth-order valence-electron chi connectivity index (χ4n) is 3.79. The predicted octanol–water partition coefficient (Wildman–Crippen LogP) is 0.666. The van der Waals surface area contributed by atoms with Gasteiger partial charge in [-0.05, 0) is 34.7 Å². The van der Waals surface area contributed by atoms with E-state index in [1.54, 1.807) is 12.4 Å². The van der Waals surface area contributed by atoms with Crippen LogP contribution in [0.1, 0.15) is 17.8 Å². The van der Waals surface area contributed by atoms with Gasteiger partial charge in [-0.1, -0.05) is 22.7 Å². The van der Waals surface area contributed by atoms with E-state index in [2.05, 4.69) is 76.5 Å². The Bertz CT molecular complexity index is 1190. The monoisotopic (exact) mass is 607 g/mol. The Morgan fingerprint density at radius 1 is 0.811 bits per heavy atom. The Balaban J connectivity index is 0.000000144. The first-order chi connectivity index (χ1) is 18.0. The van der Waals surface area contributed by atoms with Gasteiger partial charge in [-0.2, -0.15) is 0 Å². The van der Waals surface area contributed by atoms with E-state index in [1.807, 2.05) is 0 Å². The van der Waals surface area contributed by atoms with Crippen molar-refractivity contribution >= 4 is 60.5 Å². The van der Waals surface area contributed by atoms with E-state index in [1.165, 1.54) is 35.3 Å². The summed E-state index contributed by atoms with van der Waals surface area (Å²) in [4.78, 5) is 12.2. The molecule has 18 heteroatoms. The summed E-state index contributed by atoms with van der Waals surface area (Å²) in [5, 5.41) is 32.6. The first kappa shape index (κ1) is 26.8. The summed E-state index contributed by atoms with van der Waals surface area (Å²) in [5.74, 6) is 2.24. The summed E-state index contributed by atoms with van der Waals surface area (Å²) in [6, 6.07) is 0.270. The van der Waals surface area contributed by atoms with Crippen molar-refractivity contribution in [1.82, 2.24) is 50.8 Å². The van der Waals surface area contributed by atoms with Crippen molar-refractivity contribution in [1.29, 1.82) is 0 Å². The second kappa shape index (κ2) is 13.4. The molecule has 0 unspecified atom stereocenters. The number of rotatable bonds is 4. The minimum atomic E-state index is 0.270. The lowest BCUT2D eigenvalue weighted by atomic mass is 10.1. The molecule has 0 aliphatic carbocycles. The normalized spacial score (nSPS) is 18.6. The predicted molar refractivity (Wildman–Crippen MR) is 145 cm³/mol. The standard InChI is InChI=1S/C10H13N7S.C7H11N5.C2H2BrN3S/c11-10-16-15-9(18-10)3-7-1-2-17(5-7)8-4-12-6-13-14-8;8-6-1-2-12(4-6)7-3-9-5-10-11-7;3-1-5-6-2(4)7-1/h4,6-7H,1-3,5H2,(H2,11,16);3,5-6H,1-2,4,8H2;(H2,4,6)/t7-;6-;/m01./s1. The lowest BCUT2D eigenvalue weighted by molar-refractivity contribution is 0.581. The van der Waals surface area contributed by atoms with Gasteiger partial charge in [0.25, 0.3) is 0 Å². The molecule has 0 saturated carbocycles. The van der Waals surface area contributed by atoms with E-state index in [-0.39, 0.29) is 6.04 Å². The molecular formula is C19H26BrN15S2. The lowest BCUT2D eigenvalue weighted by Gasteiger charge is -2.15. The molecule has 6 N–H and O–H groups in total. The summed E-state index contributed by atoms with van der Waals surface area (Å²) in [5.41, 5.74) is 16.5. The molecule has 2 aliphatic rings. The fraction of sp³-hybridized carbons (Fsp3) is 0.474. The highest BCUT2D eigenvalue weighted by Gasteiger charge is 2.25. The largest absolute Gasteiger partial charge is 0.374 e. The number of hydrogen-bond donors (Lipinski definition) is 3. The molecule has 2 aliphatic heterocycles. The van der Waals surface area contributed by atoms with Gasteiger partial charge in [0.2, 0.25) is 10.3 Å². The molecule has 4 aromatic heterocycles. The topological polar surface area (TPSA) is 213 Å². The van der Waals surface area contributed by atoms with Crippen LogP contribution >= 0.6 is 38.6 Å². The quantitative estimate of drug-likeness (QED) is 0.290. The van der Waals surface area contributed by atoms with Crippen LogP contribution < -0.4 is 27.0 Å². The van der Waals surface area contributed by atoms with Gasteiger partial charge in [-0.15, -0.1) is 40.8 Å². The van der Waals surface area contributed by atoms with Crippen LogP contribution in [0.15, 0.2) is 29.0 Å². The minimum Gasteiger partial charge on any atom is -0.374 e. The number of hydrogen-bond acceptors (Lipinski definition) is 17. The zero-order valence-corrected chi connectivity index (χ0v) is 22.9. The van der Waals surface area contributed by atoms with Gasteiger partial charge in [-0.3, -0.25) is 0 Å². The van der Waals surface area contributed by atoms with Crippen molar-refractivity contribution in [3.63, 3.8) is 0 Å². The van der Waals surface area contributed by atoms with Crippen molar-refractivity contribution in [2.75, 3.05) is 47.4 Å². The van der Waals surface area contributed by atoms with E-state index < -0.39 is 0 Å². The Labute approximate surface area is 229 Å². The minimum absolute atomic E-state index is 0.270. The molecule has 0 radical (unpaired) electrons. The van der Waals surface area contributed by atoms with Crippen molar-refractivity contribution < 1.29 is 0 Å². The summed E-state index contributed by atoms with van der Waals surface area (Å²) >= 11 is 5.88. The van der Waals surface area contributed by atoms with E-state index >= 15 is 0 Å². The molecule has 0 amide bonds. The SMILES string of the molecule is N[C@@H]1CCN(c2cncnn2)C1.Nc1nnc(Br)s1.Nc1nnc(C[C@@H]2CCN(c3cncnn3)C2)s1. The molecule has 196 valence electrons. The number of halogens is 1. The first-order valence-electron chi connectivity index (χ1n) is 11.3. The maximum atomic E-state index is 5.75. The van der Waals surface area contributed by atoms with Crippen molar-refractivity contribution in [3.05, 3.63) is 34.0 Å². The molecule has 0 bridgehead atoms. The van der Waals surface area contributed by atoms with Crippen LogP contribution in [0.3, 0.4) is 0 Å². The average Bonchev–Trinajstić information content (AvgIpc) is 3.72. The number of nitrogen functional groups attached to an aromatic ring is 2. The van der Waals surface area contributed by atoms with Gasteiger partial charge in [-0.25, -0.2) is 9.97 Å². The summed E-state index contributed by atoms with van der Waals surface area (Å²) in [7, 11) is 0. The van der Waals surface area contributed by atoms with Crippen LogP contribution in [0.25, 0.3) is 0 Å². The number of anilines is 4. The second-order valence-electron chi connectivity index (χ2n) is 8.16. The molecule has 6 rings (SSSR count). The van der Waals surface area contributed by atoms with Crippen LogP contribution in [-0.2, 0) is 6.42 Å². The highest BCUT2D eigenvalue weighted by atomic mass is 79.9. The van der Waals surface area contributed by atoms with E-state index in [0.717, 1.165) is 66.0 Å². The van der Waals surface area contributed by atoms with Gasteiger partial charge >= 0.3 is 0 Å². The molecule has 4 aromatic rings. The van der Waals surface area contributed by atoms with Crippen LogP contribution in [0.5, 0.6) is 0 Å². The summed E-state index contributed by atoms with van der Waals surface area (Å²) in [6.45, 7) is 3.76. The van der Waals surface area contributed by atoms with E-state index in [0.29, 0.717) is 16.2 Å². The van der Waals surface area contributed by atoms with Gasteiger partial charge in [0.1, 0.15) is 17.7 Å². The van der Waals surface area contributed by atoms with E-state index in [4.69, 9.17) is 17.2 Å². The Kier molecular flexibility index (Phi) is 9.69. The highest BCUT2D eigenvalue weighted by Crippen LogP contribution is 2.25. The van der Waals surface area contributed by atoms with Gasteiger partial charge in [0.05, 0.1) is 12.4 Å². The molecule has 2 saturated heterocycles. The maximum Gasteiger partial charge on any atom is 0.203 e. The number of nitrogens with two attached hydrogens (primary N) is 3. The summed E-state index contributed by atoms with van der Waals surface area (Å²) in [6.07, 6.45) is 9.41. The zero-order chi connectivity index (χ0) is 26.0. The molecule has 2 fully saturated rings. The maximum absolute atomic E-state index is 5.75. The van der Waals surface area contributed by atoms with Crippen molar-refractivity contribution in [3.8, 4) is 0 Å². The Hall–Kier alpha value is -3.22. The number of nitrogens with zero attached hydrogens (tertiary/aromatic N) is 12. The third kappa shape index (κ3) is 8.41. The Morgan fingerprint density at radius 3 is 1.89 bits per heavy atom. The van der Waals surface area contributed by atoms with E-state index in [9.17, 15) is 0 Å². The van der Waals surface area contributed by atoms with Gasteiger partial charge in [0, 0.05) is 38.6 Å². The molecule has 2 atom stereocenters. The summed E-state index contributed by atoms with van der Waals surface area (Å²) < 4.78 is 0.727. The van der Waals surface area contributed by atoms with Crippen molar-refractivity contribution in [2.45, 2.75) is 25.3 Å². The van der Waals surface area contributed by atoms with Crippen LogP contribution in [-0.4, -0.2) is 83.0 Å². The molecular weight excluding hydrogens is 582 g/mol. The second-order valence-corrected chi connectivity index (χ2v) is 11.5. The third-order valence-electron chi connectivity index (χ3n) is 5.46. The average molecular weight is 609 g/mol. The lowest BCUT2D eigenvalue weighted by Crippen LogP contribution is -2.27. The van der Waals surface area contributed by atoms with Gasteiger partial charge in [0.15, 0.2) is 15.6 Å². The van der Waals surface area contributed by atoms with Crippen LogP contribution in [0.4, 0.5) is 21.9 Å². The molecule has 37 heavy (non-hydrogen) atoms. The Morgan fingerprint density at radius 2 is 1.43 bits per heavy atom. The van der Waals surface area contributed by atoms with Crippen LogP contribution in [0, 0.1) is 5.92 Å². The third-order valence-corrected chi connectivity index (χ3v) is 7.42. The molecule has 0 spiro atoms. The zero-order valence-electron chi connectivity index (χ0n) is 19.7. The fourth-order valence-corrected chi connectivity index (χ4v) is 5.42. The molecule has 15 nitrogen and oxygen atoms in total. The molecule has 0 aromatic carbocycles. The van der Waals surface area contributed by atoms with Crippen molar-refractivity contribution in [2.24, 2.45) is 11.7 Å². The van der Waals surface area contributed by atoms with Gasteiger partial charge < -0.3 is 27.0 Å².